The third-order valence-corrected chi connectivity index (χ3v) is 2.29. The molecule has 1 rings (SSSR count). The van der Waals surface area contributed by atoms with Crippen molar-refractivity contribution in [1.29, 1.82) is 0 Å². The normalized spacial score (nSPS) is 11.8. The average Bonchev–Trinajstić information content (AvgIpc) is 2.34. The Hall–Kier alpha value is -2.18. The maximum absolute atomic E-state index is 13.6. The lowest BCUT2D eigenvalue weighted by Gasteiger charge is -2.13. The van der Waals surface area contributed by atoms with Crippen molar-refractivity contribution in [2.75, 3.05) is 12.4 Å². The Morgan fingerprint density at radius 1 is 1.33 bits per heavy atom. The van der Waals surface area contributed by atoms with Crippen LogP contribution in [0.1, 0.15) is 17.3 Å². The molecule has 0 aromatic heterocycles. The van der Waals surface area contributed by atoms with Crippen LogP contribution in [-0.4, -0.2) is 25.0 Å². The number of rotatable bonds is 4. The molecule has 3 N–H and O–H groups in total. The highest BCUT2D eigenvalue weighted by Gasteiger charge is 2.20. The van der Waals surface area contributed by atoms with Crippen LogP contribution in [0.25, 0.3) is 0 Å². The lowest BCUT2D eigenvalue weighted by Crippen LogP contribution is -2.32. The number of nitrogens with one attached hydrogen (secondary N) is 1. The van der Waals surface area contributed by atoms with Gasteiger partial charge in [-0.05, 0) is 19.1 Å². The monoisotopic (exact) mass is 258 g/mol. The third kappa shape index (κ3) is 2.73. The van der Waals surface area contributed by atoms with Crippen LogP contribution in [0, 0.1) is 11.6 Å². The SMILES string of the molecule is COC(=O)c1ccc(NC(C)C(N)=O)c(F)c1F. The second-order valence-corrected chi connectivity index (χ2v) is 3.55. The van der Waals surface area contributed by atoms with E-state index in [0.29, 0.717) is 0 Å². The number of carbonyl (C=O) groups excluding carboxylic acids is 2. The molecule has 1 atom stereocenters. The van der Waals surface area contributed by atoms with Crippen LogP contribution >= 0.6 is 0 Å². The summed E-state index contributed by atoms with van der Waals surface area (Å²) in [5.74, 6) is -4.32. The summed E-state index contributed by atoms with van der Waals surface area (Å²) in [6.07, 6.45) is 0. The van der Waals surface area contributed by atoms with Crippen molar-refractivity contribution in [1.82, 2.24) is 0 Å². The minimum Gasteiger partial charge on any atom is -0.465 e. The summed E-state index contributed by atoms with van der Waals surface area (Å²) in [5.41, 5.74) is 4.20. The lowest BCUT2D eigenvalue weighted by atomic mass is 10.1. The molecule has 0 fully saturated rings. The molecule has 0 aliphatic rings. The largest absolute Gasteiger partial charge is 0.465 e. The molecule has 0 radical (unpaired) electrons. The highest BCUT2D eigenvalue weighted by molar-refractivity contribution is 5.90. The Morgan fingerprint density at radius 2 is 1.94 bits per heavy atom. The van der Waals surface area contributed by atoms with E-state index >= 15 is 0 Å². The fraction of sp³-hybridized carbons (Fsp3) is 0.273. The number of ether oxygens (including phenoxy) is 1. The predicted molar refractivity (Wildman–Crippen MR) is 60.0 cm³/mol. The Balaban J connectivity index is 3.08. The van der Waals surface area contributed by atoms with Crippen molar-refractivity contribution in [2.45, 2.75) is 13.0 Å². The second-order valence-electron chi connectivity index (χ2n) is 3.55. The molecule has 1 amide bonds. The molecule has 18 heavy (non-hydrogen) atoms. The van der Waals surface area contributed by atoms with Crippen LogP contribution in [0.3, 0.4) is 0 Å². The van der Waals surface area contributed by atoms with Crippen molar-refractivity contribution in [2.24, 2.45) is 5.73 Å². The molecule has 98 valence electrons. The molecule has 5 nitrogen and oxygen atoms in total. The molecule has 1 aromatic rings. The Labute approximate surface area is 102 Å². The summed E-state index contributed by atoms with van der Waals surface area (Å²) in [6.45, 7) is 1.40. The van der Waals surface area contributed by atoms with E-state index in [4.69, 9.17) is 5.73 Å². The molecule has 0 spiro atoms. The van der Waals surface area contributed by atoms with Crippen molar-refractivity contribution in [3.8, 4) is 0 Å². The number of esters is 1. The van der Waals surface area contributed by atoms with Gasteiger partial charge in [0.1, 0.15) is 6.04 Å². The van der Waals surface area contributed by atoms with Crippen molar-refractivity contribution >= 4 is 17.6 Å². The fourth-order valence-corrected chi connectivity index (χ4v) is 1.23. The summed E-state index contributed by atoms with van der Waals surface area (Å²) in [6, 6.07) is 1.31. The molecule has 0 heterocycles. The van der Waals surface area contributed by atoms with Gasteiger partial charge in [0.15, 0.2) is 11.6 Å². The highest BCUT2D eigenvalue weighted by Crippen LogP contribution is 2.21. The number of halogens is 2. The zero-order chi connectivity index (χ0) is 13.9. The van der Waals surface area contributed by atoms with E-state index in [1.165, 1.54) is 6.92 Å². The summed E-state index contributed by atoms with van der Waals surface area (Å²) in [5, 5.41) is 2.39. The first-order chi connectivity index (χ1) is 8.38. The van der Waals surface area contributed by atoms with Gasteiger partial charge in [0.05, 0.1) is 18.4 Å². The van der Waals surface area contributed by atoms with Gasteiger partial charge in [0, 0.05) is 0 Å². The van der Waals surface area contributed by atoms with Gasteiger partial charge >= 0.3 is 5.97 Å². The van der Waals surface area contributed by atoms with Gasteiger partial charge in [-0.3, -0.25) is 4.79 Å². The zero-order valence-electron chi connectivity index (χ0n) is 9.79. The van der Waals surface area contributed by atoms with Crippen LogP contribution in [0.2, 0.25) is 0 Å². The van der Waals surface area contributed by atoms with E-state index in [0.717, 1.165) is 19.2 Å². The maximum Gasteiger partial charge on any atom is 0.340 e. The van der Waals surface area contributed by atoms with Gasteiger partial charge < -0.3 is 15.8 Å². The van der Waals surface area contributed by atoms with E-state index in [2.05, 4.69) is 10.1 Å². The van der Waals surface area contributed by atoms with Gasteiger partial charge in [0.25, 0.3) is 0 Å². The number of anilines is 1. The minimum atomic E-state index is -1.34. The minimum absolute atomic E-state index is 0.258. The highest BCUT2D eigenvalue weighted by atomic mass is 19.2. The molecule has 1 aromatic carbocycles. The maximum atomic E-state index is 13.6. The number of nitrogens with two attached hydrogens (primary N) is 1. The predicted octanol–water partition coefficient (Wildman–Crippen LogP) is 1.04. The number of hydrogen-bond donors (Lipinski definition) is 2. The number of methoxy groups -OCH3 is 1. The first-order valence-electron chi connectivity index (χ1n) is 5.00. The van der Waals surface area contributed by atoms with Crippen LogP contribution in [0.4, 0.5) is 14.5 Å². The molecule has 1 unspecified atom stereocenters. The molecule has 0 aliphatic heterocycles. The van der Waals surface area contributed by atoms with Gasteiger partial charge in [-0.15, -0.1) is 0 Å². The molecule has 0 bridgehead atoms. The Bertz CT molecular complexity index is 491. The van der Waals surface area contributed by atoms with Gasteiger partial charge in [-0.25, -0.2) is 13.6 Å². The Morgan fingerprint density at radius 3 is 2.44 bits per heavy atom. The smallest absolute Gasteiger partial charge is 0.340 e. The summed E-state index contributed by atoms with van der Waals surface area (Å²) < 4.78 is 31.4. The van der Waals surface area contributed by atoms with Crippen molar-refractivity contribution in [3.63, 3.8) is 0 Å². The van der Waals surface area contributed by atoms with E-state index < -0.39 is 35.1 Å². The average molecular weight is 258 g/mol. The topological polar surface area (TPSA) is 81.4 Å². The van der Waals surface area contributed by atoms with Crippen molar-refractivity contribution in [3.05, 3.63) is 29.3 Å². The van der Waals surface area contributed by atoms with E-state index in [1.54, 1.807) is 0 Å². The number of amides is 1. The standard InChI is InChI=1S/C11H12F2N2O3/c1-5(10(14)16)15-7-4-3-6(11(17)18-2)8(12)9(7)13/h3-5,15H,1-2H3,(H2,14,16). The van der Waals surface area contributed by atoms with Crippen LogP contribution < -0.4 is 11.1 Å². The van der Waals surface area contributed by atoms with Crippen LogP contribution in [0.5, 0.6) is 0 Å². The molecule has 0 aliphatic carbocycles. The van der Waals surface area contributed by atoms with Gasteiger partial charge in [-0.2, -0.15) is 0 Å². The number of primary amides is 1. The third-order valence-electron chi connectivity index (χ3n) is 2.29. The Kier molecular flexibility index (Phi) is 4.19. The lowest BCUT2D eigenvalue weighted by molar-refractivity contribution is -0.118. The van der Waals surface area contributed by atoms with E-state index in [1.807, 2.05) is 0 Å². The first-order valence-corrected chi connectivity index (χ1v) is 5.00. The number of hydrogen-bond acceptors (Lipinski definition) is 4. The molecular weight excluding hydrogens is 246 g/mol. The molecular formula is C11H12F2N2O3. The quantitative estimate of drug-likeness (QED) is 0.790. The fourth-order valence-electron chi connectivity index (χ4n) is 1.23. The molecule has 0 saturated heterocycles. The van der Waals surface area contributed by atoms with E-state index in [-0.39, 0.29) is 5.69 Å². The number of benzene rings is 1. The van der Waals surface area contributed by atoms with Crippen LogP contribution in [-0.2, 0) is 9.53 Å². The summed E-state index contributed by atoms with van der Waals surface area (Å²) >= 11 is 0. The molecule has 0 saturated carbocycles. The second kappa shape index (κ2) is 5.44. The van der Waals surface area contributed by atoms with Gasteiger partial charge in [0.2, 0.25) is 5.91 Å². The number of carbonyl (C=O) groups is 2. The zero-order valence-corrected chi connectivity index (χ0v) is 9.79. The first kappa shape index (κ1) is 13.9. The summed E-state index contributed by atoms with van der Waals surface area (Å²) in [7, 11) is 1.06. The van der Waals surface area contributed by atoms with E-state index in [9.17, 15) is 18.4 Å². The summed E-state index contributed by atoms with van der Waals surface area (Å²) in [4.78, 5) is 21.9. The van der Waals surface area contributed by atoms with Crippen molar-refractivity contribution < 1.29 is 23.1 Å². The molecule has 7 heteroatoms. The van der Waals surface area contributed by atoms with Crippen LogP contribution in [0.15, 0.2) is 12.1 Å². The van der Waals surface area contributed by atoms with Gasteiger partial charge in [-0.1, -0.05) is 0 Å².